The quantitative estimate of drug-likeness (QED) is 0.0868. The third-order valence-electron chi connectivity index (χ3n) is 9.04. The largest absolute Gasteiger partial charge is 0.506 e. The van der Waals surface area contributed by atoms with E-state index in [1.54, 1.807) is 36.4 Å². The second-order valence-corrected chi connectivity index (χ2v) is 12.6. The number of nitrogens with one attached hydrogen (secondary N) is 4. The number of anilines is 1. The number of benzene rings is 4. The molecule has 0 aliphatic carbocycles. The lowest BCUT2D eigenvalue weighted by molar-refractivity contribution is 0.0548. The normalized spacial score (nSPS) is 14.1. The highest BCUT2D eigenvalue weighted by Crippen LogP contribution is 2.29. The van der Waals surface area contributed by atoms with Crippen molar-refractivity contribution in [3.05, 3.63) is 125 Å². The Morgan fingerprint density at radius 2 is 1.63 bits per heavy atom. The van der Waals surface area contributed by atoms with E-state index >= 15 is 0 Å². The number of carbonyl (C=O) groups excluding carboxylic acids is 2. The molecule has 1 saturated heterocycles. The lowest BCUT2D eigenvalue weighted by Crippen LogP contribution is -2.40. The van der Waals surface area contributed by atoms with Gasteiger partial charge in [-0.3, -0.25) is 19.8 Å². The molecule has 1 aliphatic heterocycles. The highest BCUT2D eigenvalue weighted by molar-refractivity contribution is 5.94. The fourth-order valence-corrected chi connectivity index (χ4v) is 6.26. The molecule has 0 radical (unpaired) electrons. The second-order valence-electron chi connectivity index (χ2n) is 12.6. The van der Waals surface area contributed by atoms with E-state index in [1.807, 2.05) is 54.6 Å². The maximum absolute atomic E-state index is 12.7. The maximum atomic E-state index is 12.7. The van der Waals surface area contributed by atoms with Crippen LogP contribution >= 0.6 is 0 Å². The van der Waals surface area contributed by atoms with Crippen LogP contribution in [0.4, 0.5) is 10.5 Å². The number of H-pyrrole nitrogens is 1. The predicted octanol–water partition coefficient (Wildman–Crippen LogP) is 5.05. The van der Waals surface area contributed by atoms with Crippen molar-refractivity contribution < 1.29 is 29.3 Å². The summed E-state index contributed by atoms with van der Waals surface area (Å²) in [6.45, 7) is 3.81. The Labute approximate surface area is 301 Å². The molecule has 1 aromatic heterocycles. The van der Waals surface area contributed by atoms with Crippen molar-refractivity contribution in [2.24, 2.45) is 0 Å². The molecule has 2 amide bonds. The first-order chi connectivity index (χ1) is 25.3. The van der Waals surface area contributed by atoms with E-state index in [1.165, 1.54) is 12.1 Å². The summed E-state index contributed by atoms with van der Waals surface area (Å²) < 4.78 is 11.7. The van der Waals surface area contributed by atoms with Crippen LogP contribution in [0.2, 0.25) is 0 Å². The fourth-order valence-electron chi connectivity index (χ4n) is 6.26. The molecule has 6 N–H and O–H groups in total. The minimum atomic E-state index is -0.883. The number of ether oxygens (including phenoxy) is 2. The van der Waals surface area contributed by atoms with Crippen molar-refractivity contribution in [1.29, 1.82) is 0 Å². The molecule has 4 aromatic carbocycles. The smallest absolute Gasteiger partial charge is 0.411 e. The second kappa shape index (κ2) is 17.5. The number of piperidine rings is 1. The molecule has 1 aliphatic rings. The van der Waals surface area contributed by atoms with Crippen LogP contribution < -0.4 is 26.2 Å². The number of hydrogen-bond acceptors (Lipinski definition) is 9. The van der Waals surface area contributed by atoms with Crippen molar-refractivity contribution in [2.75, 3.05) is 51.2 Å². The number of fused-ring (bicyclic) bond motifs is 1. The van der Waals surface area contributed by atoms with Gasteiger partial charge >= 0.3 is 6.09 Å². The lowest BCUT2D eigenvalue weighted by atomic mass is 10.0. The number of aliphatic hydroxyl groups is 1. The molecule has 1 atom stereocenters. The van der Waals surface area contributed by atoms with Gasteiger partial charge in [-0.05, 0) is 66.4 Å². The standard InChI is InChI=1S/C40H43N5O7/c46-35-16-14-32(33-15-17-37(48)44-38(33)35)36(47)26-41-20-21-42-39(49)28-10-12-29(13-11-28)51-25-24-45-22-18-30(19-23-45)52-40(50)43-34-9-5-4-8-31(34)27-6-2-1-3-7-27/h1-17,30,36,41,46-47H,18-26H2,(H,42,49)(H,43,50)(H,44,48)/t36-/m0/s1. The molecule has 0 bridgehead atoms. The van der Waals surface area contributed by atoms with E-state index in [9.17, 15) is 24.6 Å². The fraction of sp³-hybridized carbons (Fsp3) is 0.275. The van der Waals surface area contributed by atoms with Crippen LogP contribution in [0.3, 0.4) is 0 Å². The summed E-state index contributed by atoms with van der Waals surface area (Å²) in [5.41, 5.74) is 3.69. The van der Waals surface area contributed by atoms with Crippen LogP contribution in [0.15, 0.2) is 108 Å². The highest BCUT2D eigenvalue weighted by atomic mass is 16.6. The summed E-state index contributed by atoms with van der Waals surface area (Å²) in [6, 6.07) is 30.5. The number of rotatable bonds is 14. The first-order valence-corrected chi connectivity index (χ1v) is 17.4. The predicted molar refractivity (Wildman–Crippen MR) is 200 cm³/mol. The maximum Gasteiger partial charge on any atom is 0.411 e. The molecular formula is C40H43N5O7. The number of para-hydroxylation sites is 1. The van der Waals surface area contributed by atoms with E-state index in [4.69, 9.17) is 9.47 Å². The summed E-state index contributed by atoms with van der Waals surface area (Å²) in [7, 11) is 0. The number of aromatic amines is 1. The van der Waals surface area contributed by atoms with Crippen molar-refractivity contribution in [2.45, 2.75) is 25.0 Å². The van der Waals surface area contributed by atoms with Gasteiger partial charge in [0.05, 0.1) is 17.3 Å². The molecule has 0 saturated carbocycles. The third kappa shape index (κ3) is 9.55. The van der Waals surface area contributed by atoms with Crippen LogP contribution in [0, 0.1) is 0 Å². The Bertz CT molecular complexity index is 2010. The molecule has 5 aromatic rings. The number of carbonyl (C=O) groups is 2. The summed E-state index contributed by atoms with van der Waals surface area (Å²) in [5, 5.41) is 30.2. The van der Waals surface area contributed by atoms with Crippen LogP contribution in [-0.2, 0) is 4.74 Å². The molecule has 12 nitrogen and oxygen atoms in total. The van der Waals surface area contributed by atoms with Gasteiger partial charge < -0.3 is 35.3 Å². The van der Waals surface area contributed by atoms with Gasteiger partial charge in [-0.25, -0.2) is 4.79 Å². The summed E-state index contributed by atoms with van der Waals surface area (Å²) in [5.74, 6) is 0.383. The topological polar surface area (TPSA) is 165 Å². The van der Waals surface area contributed by atoms with Crippen LogP contribution in [0.25, 0.3) is 22.0 Å². The van der Waals surface area contributed by atoms with Gasteiger partial charge in [-0.15, -0.1) is 0 Å². The molecule has 0 spiro atoms. The summed E-state index contributed by atoms with van der Waals surface area (Å²) in [4.78, 5) is 41.9. The zero-order valence-electron chi connectivity index (χ0n) is 28.7. The van der Waals surface area contributed by atoms with Crippen LogP contribution in [-0.4, -0.2) is 84.1 Å². The van der Waals surface area contributed by atoms with Crippen LogP contribution in [0.5, 0.6) is 11.5 Å². The Morgan fingerprint density at radius 3 is 2.42 bits per heavy atom. The number of phenols is 1. The van der Waals surface area contributed by atoms with Gasteiger partial charge in [0.25, 0.3) is 5.91 Å². The number of phenolic OH excluding ortho intramolecular Hbond substituents is 1. The molecule has 0 unspecified atom stereocenters. The van der Waals surface area contributed by atoms with E-state index in [2.05, 4.69) is 25.8 Å². The van der Waals surface area contributed by atoms with Crippen molar-refractivity contribution in [3.8, 4) is 22.6 Å². The number of aromatic nitrogens is 1. The van der Waals surface area contributed by atoms with Gasteiger partial charge in [0.15, 0.2) is 0 Å². The van der Waals surface area contributed by atoms with Gasteiger partial charge in [0.1, 0.15) is 24.2 Å². The van der Waals surface area contributed by atoms with Crippen molar-refractivity contribution >= 4 is 28.6 Å². The molecule has 6 rings (SSSR count). The highest BCUT2D eigenvalue weighted by Gasteiger charge is 2.23. The van der Waals surface area contributed by atoms with E-state index < -0.39 is 12.2 Å². The number of nitrogens with zero attached hydrogens (tertiary/aromatic N) is 1. The van der Waals surface area contributed by atoms with Gasteiger partial charge in [-0.1, -0.05) is 54.6 Å². The summed E-state index contributed by atoms with van der Waals surface area (Å²) >= 11 is 0. The molecule has 12 heteroatoms. The number of amides is 2. The van der Waals surface area contributed by atoms with Gasteiger partial charge in [0, 0.05) is 61.8 Å². The average Bonchev–Trinajstić information content (AvgIpc) is 3.16. The van der Waals surface area contributed by atoms with Crippen molar-refractivity contribution in [3.63, 3.8) is 0 Å². The first kappa shape index (κ1) is 36.1. The zero-order chi connectivity index (χ0) is 36.3. The molecular weight excluding hydrogens is 662 g/mol. The van der Waals surface area contributed by atoms with Gasteiger partial charge in [0.2, 0.25) is 5.56 Å². The number of pyridine rings is 1. The zero-order valence-corrected chi connectivity index (χ0v) is 28.7. The lowest BCUT2D eigenvalue weighted by Gasteiger charge is -2.31. The first-order valence-electron chi connectivity index (χ1n) is 17.4. The van der Waals surface area contributed by atoms with Crippen molar-refractivity contribution in [1.82, 2.24) is 20.5 Å². The number of aromatic hydroxyl groups is 1. The Hall–Kier alpha value is -5.69. The SMILES string of the molecule is O=C(Nc1ccccc1-c1ccccc1)OC1CCN(CCOc2ccc(C(=O)NCCNC[C@H](O)c3ccc(O)c4[nH]c(=O)ccc34)cc2)CC1. The van der Waals surface area contributed by atoms with E-state index in [0.29, 0.717) is 47.6 Å². The summed E-state index contributed by atoms with van der Waals surface area (Å²) in [6.07, 6.45) is 0.00260. The van der Waals surface area contributed by atoms with E-state index in [0.717, 1.165) is 43.6 Å². The Morgan fingerprint density at radius 1 is 0.885 bits per heavy atom. The molecule has 270 valence electrons. The molecule has 2 heterocycles. The Kier molecular flexibility index (Phi) is 12.1. The third-order valence-corrected chi connectivity index (χ3v) is 9.04. The molecule has 52 heavy (non-hydrogen) atoms. The monoisotopic (exact) mass is 705 g/mol. The minimum absolute atomic E-state index is 0.0662. The molecule has 1 fully saturated rings. The average molecular weight is 706 g/mol. The van der Waals surface area contributed by atoms with Gasteiger partial charge in [-0.2, -0.15) is 0 Å². The number of hydrogen-bond donors (Lipinski definition) is 6. The van der Waals surface area contributed by atoms with E-state index in [-0.39, 0.29) is 35.4 Å². The number of aliphatic hydroxyl groups excluding tert-OH is 1. The number of likely N-dealkylation sites (tertiary alicyclic amines) is 1. The minimum Gasteiger partial charge on any atom is -0.506 e. The Balaban J connectivity index is 0.851. The van der Waals surface area contributed by atoms with Crippen LogP contribution in [0.1, 0.15) is 34.9 Å².